The Labute approximate surface area is 113 Å². The van der Waals surface area contributed by atoms with Gasteiger partial charge in [-0.15, -0.1) is 0 Å². The topological polar surface area (TPSA) is 41.1 Å². The summed E-state index contributed by atoms with van der Waals surface area (Å²) in [7, 11) is 0. The molecule has 1 aliphatic rings. The molecule has 0 aromatic heterocycles. The molecule has 1 aliphatic carbocycles. The van der Waals surface area contributed by atoms with E-state index in [1.165, 1.54) is 12.1 Å². The van der Waals surface area contributed by atoms with Crippen LogP contribution >= 0.6 is 0 Å². The zero-order valence-electron chi connectivity index (χ0n) is 11.4. The number of hydrogen-bond acceptors (Lipinski definition) is 2. The second-order valence-electron chi connectivity index (χ2n) is 5.19. The maximum absolute atomic E-state index is 13.2. The molecular formula is C15H21FN2O. The first-order valence-corrected chi connectivity index (χ1v) is 6.92. The lowest BCUT2D eigenvalue weighted by atomic mass is 10.0. The SMILES string of the molecule is CCC(NC(C)C(=O)NC1CC1)c1cccc(F)c1. The molecule has 0 spiro atoms. The average Bonchev–Trinajstić information content (AvgIpc) is 3.19. The van der Waals surface area contributed by atoms with Gasteiger partial charge in [0.2, 0.25) is 5.91 Å². The highest BCUT2D eigenvalue weighted by Crippen LogP contribution is 2.20. The Morgan fingerprint density at radius 1 is 1.47 bits per heavy atom. The molecule has 1 aromatic carbocycles. The van der Waals surface area contributed by atoms with Crippen LogP contribution in [0.2, 0.25) is 0 Å². The Hall–Kier alpha value is -1.42. The van der Waals surface area contributed by atoms with Crippen LogP contribution in [0.15, 0.2) is 24.3 Å². The zero-order chi connectivity index (χ0) is 13.8. The Balaban J connectivity index is 1.95. The van der Waals surface area contributed by atoms with Gasteiger partial charge in [0.25, 0.3) is 0 Å². The van der Waals surface area contributed by atoms with E-state index in [1.807, 2.05) is 19.9 Å². The number of nitrogens with one attached hydrogen (secondary N) is 2. The molecule has 104 valence electrons. The van der Waals surface area contributed by atoms with Crippen molar-refractivity contribution >= 4 is 5.91 Å². The largest absolute Gasteiger partial charge is 0.352 e. The van der Waals surface area contributed by atoms with Crippen molar-refractivity contribution in [3.63, 3.8) is 0 Å². The second kappa shape index (κ2) is 6.15. The number of carbonyl (C=O) groups excluding carboxylic acids is 1. The van der Waals surface area contributed by atoms with Crippen molar-refractivity contribution in [2.45, 2.75) is 51.2 Å². The van der Waals surface area contributed by atoms with Gasteiger partial charge in [0.1, 0.15) is 5.82 Å². The summed E-state index contributed by atoms with van der Waals surface area (Å²) in [5.41, 5.74) is 0.883. The van der Waals surface area contributed by atoms with E-state index < -0.39 is 0 Å². The number of rotatable bonds is 6. The van der Waals surface area contributed by atoms with Crippen LogP contribution in [0.4, 0.5) is 4.39 Å². The molecule has 0 bridgehead atoms. The van der Waals surface area contributed by atoms with Crippen molar-refractivity contribution in [1.29, 1.82) is 0 Å². The molecule has 0 heterocycles. The van der Waals surface area contributed by atoms with Gasteiger partial charge in [-0.05, 0) is 43.9 Å². The molecule has 1 saturated carbocycles. The first-order chi connectivity index (χ1) is 9.10. The third-order valence-electron chi connectivity index (χ3n) is 3.43. The minimum absolute atomic E-state index is 0.00402. The number of benzene rings is 1. The Morgan fingerprint density at radius 2 is 2.21 bits per heavy atom. The van der Waals surface area contributed by atoms with E-state index in [-0.39, 0.29) is 23.8 Å². The van der Waals surface area contributed by atoms with Crippen molar-refractivity contribution in [3.8, 4) is 0 Å². The molecule has 2 rings (SSSR count). The van der Waals surface area contributed by atoms with Crippen molar-refractivity contribution in [1.82, 2.24) is 10.6 Å². The van der Waals surface area contributed by atoms with Crippen LogP contribution in [0, 0.1) is 5.82 Å². The predicted octanol–water partition coefficient (Wildman–Crippen LogP) is 2.53. The van der Waals surface area contributed by atoms with Gasteiger partial charge in [0.05, 0.1) is 6.04 Å². The summed E-state index contributed by atoms with van der Waals surface area (Å²) < 4.78 is 13.2. The van der Waals surface area contributed by atoms with E-state index in [0.717, 1.165) is 24.8 Å². The molecule has 1 fully saturated rings. The Kier molecular flexibility index (Phi) is 4.53. The summed E-state index contributed by atoms with van der Waals surface area (Å²) in [4.78, 5) is 11.9. The number of hydrogen-bond donors (Lipinski definition) is 2. The fourth-order valence-corrected chi connectivity index (χ4v) is 2.10. The molecular weight excluding hydrogens is 243 g/mol. The quantitative estimate of drug-likeness (QED) is 0.829. The fourth-order valence-electron chi connectivity index (χ4n) is 2.10. The van der Waals surface area contributed by atoms with Gasteiger partial charge in [-0.25, -0.2) is 4.39 Å². The van der Waals surface area contributed by atoms with E-state index in [1.54, 1.807) is 6.07 Å². The molecule has 2 N–H and O–H groups in total. The van der Waals surface area contributed by atoms with Crippen LogP contribution in [0.5, 0.6) is 0 Å². The molecule has 1 aromatic rings. The molecule has 4 heteroatoms. The van der Waals surface area contributed by atoms with Gasteiger partial charge in [-0.2, -0.15) is 0 Å². The number of amides is 1. The van der Waals surface area contributed by atoms with Crippen LogP contribution in [-0.4, -0.2) is 18.0 Å². The van der Waals surface area contributed by atoms with Gasteiger partial charge < -0.3 is 5.32 Å². The lowest BCUT2D eigenvalue weighted by molar-refractivity contribution is -0.123. The molecule has 0 radical (unpaired) electrons. The lowest BCUT2D eigenvalue weighted by Crippen LogP contribution is -2.44. The minimum Gasteiger partial charge on any atom is -0.352 e. The second-order valence-corrected chi connectivity index (χ2v) is 5.19. The van der Waals surface area contributed by atoms with E-state index >= 15 is 0 Å². The summed E-state index contributed by atoms with van der Waals surface area (Å²) in [6.07, 6.45) is 2.98. The van der Waals surface area contributed by atoms with Crippen LogP contribution in [-0.2, 0) is 4.79 Å². The summed E-state index contributed by atoms with van der Waals surface area (Å²) in [5, 5.41) is 6.23. The van der Waals surface area contributed by atoms with Crippen molar-refractivity contribution < 1.29 is 9.18 Å². The Morgan fingerprint density at radius 3 is 2.79 bits per heavy atom. The van der Waals surface area contributed by atoms with Gasteiger partial charge in [-0.1, -0.05) is 19.1 Å². The van der Waals surface area contributed by atoms with Gasteiger partial charge >= 0.3 is 0 Å². The van der Waals surface area contributed by atoms with Crippen molar-refractivity contribution in [3.05, 3.63) is 35.6 Å². The van der Waals surface area contributed by atoms with E-state index in [0.29, 0.717) is 6.04 Å². The van der Waals surface area contributed by atoms with Gasteiger partial charge in [0, 0.05) is 12.1 Å². The van der Waals surface area contributed by atoms with Crippen LogP contribution in [0.1, 0.15) is 44.7 Å². The predicted molar refractivity (Wildman–Crippen MR) is 73.2 cm³/mol. The number of halogens is 1. The zero-order valence-corrected chi connectivity index (χ0v) is 11.4. The summed E-state index contributed by atoms with van der Waals surface area (Å²) in [5.74, 6) is -0.217. The minimum atomic E-state index is -0.270. The van der Waals surface area contributed by atoms with Gasteiger partial charge in [-0.3, -0.25) is 10.1 Å². The van der Waals surface area contributed by atoms with Crippen LogP contribution in [0.25, 0.3) is 0 Å². The molecule has 19 heavy (non-hydrogen) atoms. The van der Waals surface area contributed by atoms with Crippen LogP contribution in [0.3, 0.4) is 0 Å². The van der Waals surface area contributed by atoms with Crippen LogP contribution < -0.4 is 10.6 Å². The van der Waals surface area contributed by atoms with E-state index in [2.05, 4.69) is 10.6 Å². The lowest BCUT2D eigenvalue weighted by Gasteiger charge is -2.22. The fraction of sp³-hybridized carbons (Fsp3) is 0.533. The molecule has 2 atom stereocenters. The first-order valence-electron chi connectivity index (χ1n) is 6.92. The molecule has 0 aliphatic heterocycles. The van der Waals surface area contributed by atoms with Crippen molar-refractivity contribution in [2.75, 3.05) is 0 Å². The smallest absolute Gasteiger partial charge is 0.237 e. The normalized spacial score (nSPS) is 17.8. The highest BCUT2D eigenvalue weighted by Gasteiger charge is 2.26. The highest BCUT2D eigenvalue weighted by molar-refractivity contribution is 5.81. The summed E-state index contributed by atoms with van der Waals surface area (Å²) in [6, 6.07) is 6.63. The standard InChI is InChI=1S/C15H21FN2O/c1-3-14(11-5-4-6-12(16)9-11)17-10(2)15(19)18-13-7-8-13/h4-6,9-10,13-14,17H,3,7-8H2,1-2H3,(H,18,19). The monoisotopic (exact) mass is 264 g/mol. The average molecular weight is 264 g/mol. The molecule has 0 saturated heterocycles. The Bertz CT molecular complexity index is 446. The maximum atomic E-state index is 13.2. The van der Waals surface area contributed by atoms with E-state index in [4.69, 9.17) is 0 Å². The summed E-state index contributed by atoms with van der Waals surface area (Å²) in [6.45, 7) is 3.87. The molecule has 2 unspecified atom stereocenters. The van der Waals surface area contributed by atoms with Gasteiger partial charge in [0.15, 0.2) is 0 Å². The highest BCUT2D eigenvalue weighted by atomic mass is 19.1. The first kappa shape index (κ1) is 14.0. The third-order valence-corrected chi connectivity index (χ3v) is 3.43. The third kappa shape index (κ3) is 4.03. The number of carbonyl (C=O) groups is 1. The summed E-state index contributed by atoms with van der Waals surface area (Å²) >= 11 is 0. The molecule has 1 amide bonds. The van der Waals surface area contributed by atoms with E-state index in [9.17, 15) is 9.18 Å². The van der Waals surface area contributed by atoms with Crippen molar-refractivity contribution in [2.24, 2.45) is 0 Å². The maximum Gasteiger partial charge on any atom is 0.237 e. The molecule has 3 nitrogen and oxygen atoms in total.